The molecule has 0 unspecified atom stereocenters. The molecule has 2 nitrogen and oxygen atoms in total. The maximum Gasteiger partial charge on any atom is 0.132 e. The van der Waals surface area contributed by atoms with E-state index >= 15 is 0 Å². The minimum Gasteiger partial charge on any atom is -0.303 e. The Kier molecular flexibility index (Phi) is 16.8. The predicted molar refractivity (Wildman–Crippen MR) is 90.6 cm³/mol. The number of aldehydes is 1. The molecule has 124 valence electrons. The van der Waals surface area contributed by atoms with Crippen molar-refractivity contribution in [3.63, 3.8) is 0 Å². The number of Topliss-reactive ketones (excluding diaryl/α,β-unsaturated/α-hetero) is 1. The molecule has 0 fully saturated rings. The minimum absolute atomic E-state index is 0.473. The van der Waals surface area contributed by atoms with E-state index in [-0.39, 0.29) is 0 Å². The van der Waals surface area contributed by atoms with Gasteiger partial charge in [0.25, 0.3) is 0 Å². The normalized spacial score (nSPS) is 10.7. The van der Waals surface area contributed by atoms with E-state index < -0.39 is 0 Å². The molecule has 0 N–H and O–H groups in total. The number of carbonyl (C=O) groups is 2. The highest BCUT2D eigenvalue weighted by Crippen LogP contribution is 2.12. The predicted octanol–water partition coefficient (Wildman–Crippen LogP) is 6.02. The highest BCUT2D eigenvalue weighted by atomic mass is 16.1. The van der Waals surface area contributed by atoms with Crippen molar-refractivity contribution in [2.24, 2.45) is 0 Å². The van der Waals surface area contributed by atoms with E-state index in [1.54, 1.807) is 0 Å². The van der Waals surface area contributed by atoms with Gasteiger partial charge in [0.2, 0.25) is 0 Å². The third-order valence-corrected chi connectivity index (χ3v) is 4.09. The van der Waals surface area contributed by atoms with Crippen LogP contribution in [0, 0.1) is 0 Å². The molecule has 0 amide bonds. The first kappa shape index (κ1) is 20.3. The molecule has 2 heteroatoms. The fourth-order valence-electron chi connectivity index (χ4n) is 2.66. The second-order valence-corrected chi connectivity index (χ2v) is 6.24. The first-order valence-corrected chi connectivity index (χ1v) is 9.26. The van der Waals surface area contributed by atoms with Crippen LogP contribution in [0.5, 0.6) is 0 Å². The molecular weight excluding hydrogens is 260 g/mol. The van der Waals surface area contributed by atoms with Crippen molar-refractivity contribution in [1.29, 1.82) is 0 Å². The van der Waals surface area contributed by atoms with Crippen molar-refractivity contribution in [2.45, 2.75) is 110 Å². The molecule has 0 aromatic carbocycles. The summed E-state index contributed by atoms with van der Waals surface area (Å²) in [6.45, 7) is 2.22. The zero-order chi connectivity index (χ0) is 15.6. The van der Waals surface area contributed by atoms with Gasteiger partial charge in [0.15, 0.2) is 0 Å². The van der Waals surface area contributed by atoms with Gasteiger partial charge in [-0.2, -0.15) is 0 Å². The summed E-state index contributed by atoms with van der Waals surface area (Å²) in [5, 5.41) is 0. The van der Waals surface area contributed by atoms with Crippen LogP contribution in [0.15, 0.2) is 0 Å². The summed E-state index contributed by atoms with van der Waals surface area (Å²) in [4.78, 5) is 21.8. The maximum absolute atomic E-state index is 11.7. The number of hydrogen-bond acceptors (Lipinski definition) is 2. The Hall–Kier alpha value is -0.660. The average Bonchev–Trinajstić information content (AvgIpc) is 2.49. The van der Waals surface area contributed by atoms with Crippen LogP contribution in [0.4, 0.5) is 0 Å². The number of carbonyl (C=O) groups excluding carboxylic acids is 2. The van der Waals surface area contributed by atoms with Crippen molar-refractivity contribution in [3.8, 4) is 0 Å². The molecule has 0 aliphatic rings. The van der Waals surface area contributed by atoms with Gasteiger partial charge in [0, 0.05) is 19.3 Å². The van der Waals surface area contributed by atoms with E-state index in [0.717, 1.165) is 44.8 Å². The Morgan fingerprint density at radius 1 is 0.667 bits per heavy atom. The molecule has 0 spiro atoms. The van der Waals surface area contributed by atoms with Crippen molar-refractivity contribution in [2.75, 3.05) is 0 Å². The van der Waals surface area contributed by atoms with E-state index in [4.69, 9.17) is 0 Å². The summed E-state index contributed by atoms with van der Waals surface area (Å²) in [6.07, 6.45) is 19.1. The second kappa shape index (κ2) is 17.4. The molecule has 0 radical (unpaired) electrons. The summed E-state index contributed by atoms with van der Waals surface area (Å²) in [7, 11) is 0. The topological polar surface area (TPSA) is 34.1 Å². The van der Waals surface area contributed by atoms with Gasteiger partial charge in [-0.25, -0.2) is 0 Å². The highest BCUT2D eigenvalue weighted by Gasteiger charge is 2.01. The molecule has 0 saturated carbocycles. The van der Waals surface area contributed by atoms with Crippen molar-refractivity contribution in [1.82, 2.24) is 0 Å². The molecule has 0 saturated heterocycles. The fourth-order valence-corrected chi connectivity index (χ4v) is 2.66. The standard InChI is InChI=1S/C19H36O2/c1-2-3-4-10-13-16-19(21)17-14-11-8-6-5-7-9-12-15-18-20/h18H,2-17H2,1H3. The zero-order valence-electron chi connectivity index (χ0n) is 14.2. The van der Waals surface area contributed by atoms with Gasteiger partial charge in [-0.3, -0.25) is 4.79 Å². The lowest BCUT2D eigenvalue weighted by Crippen LogP contribution is -1.97. The highest BCUT2D eigenvalue weighted by molar-refractivity contribution is 5.78. The molecule has 0 aliphatic carbocycles. The zero-order valence-corrected chi connectivity index (χ0v) is 14.2. The Bertz CT molecular complexity index is 236. The summed E-state index contributed by atoms with van der Waals surface area (Å²) in [6, 6.07) is 0. The van der Waals surface area contributed by atoms with E-state index in [1.165, 1.54) is 64.2 Å². The molecule has 0 aromatic rings. The monoisotopic (exact) mass is 296 g/mol. The fraction of sp³-hybridized carbons (Fsp3) is 0.895. The Labute approximate surface area is 132 Å². The molecule has 21 heavy (non-hydrogen) atoms. The number of unbranched alkanes of at least 4 members (excludes halogenated alkanes) is 12. The Morgan fingerprint density at radius 2 is 1.10 bits per heavy atom. The number of hydrogen-bond donors (Lipinski definition) is 0. The average molecular weight is 296 g/mol. The molecule has 0 atom stereocenters. The summed E-state index contributed by atoms with van der Waals surface area (Å²) in [5.74, 6) is 0.473. The van der Waals surface area contributed by atoms with E-state index in [0.29, 0.717) is 5.78 Å². The lowest BCUT2D eigenvalue weighted by molar-refractivity contribution is -0.119. The summed E-state index contributed by atoms with van der Waals surface area (Å²) in [5.41, 5.74) is 0. The van der Waals surface area contributed by atoms with Gasteiger partial charge < -0.3 is 4.79 Å². The van der Waals surface area contributed by atoms with Crippen LogP contribution < -0.4 is 0 Å². The number of rotatable bonds is 17. The van der Waals surface area contributed by atoms with Crippen LogP contribution >= 0.6 is 0 Å². The van der Waals surface area contributed by atoms with Gasteiger partial charge in [-0.15, -0.1) is 0 Å². The van der Waals surface area contributed by atoms with E-state index in [1.807, 2.05) is 0 Å². The second-order valence-electron chi connectivity index (χ2n) is 6.24. The number of ketones is 1. The van der Waals surface area contributed by atoms with Crippen LogP contribution in [-0.2, 0) is 9.59 Å². The SMILES string of the molecule is CCCCCCCC(=O)CCCCCCCCCCC=O. The minimum atomic E-state index is 0.473. The third kappa shape index (κ3) is 17.3. The van der Waals surface area contributed by atoms with Crippen molar-refractivity contribution in [3.05, 3.63) is 0 Å². The lowest BCUT2D eigenvalue weighted by Gasteiger charge is -2.03. The van der Waals surface area contributed by atoms with Gasteiger partial charge >= 0.3 is 0 Å². The van der Waals surface area contributed by atoms with Gasteiger partial charge in [0.05, 0.1) is 0 Å². The van der Waals surface area contributed by atoms with E-state index in [9.17, 15) is 9.59 Å². The smallest absolute Gasteiger partial charge is 0.132 e. The van der Waals surface area contributed by atoms with Crippen molar-refractivity contribution < 1.29 is 9.59 Å². The molecule has 0 aromatic heterocycles. The molecule has 0 aliphatic heterocycles. The molecule has 0 heterocycles. The largest absolute Gasteiger partial charge is 0.303 e. The lowest BCUT2D eigenvalue weighted by atomic mass is 10.0. The summed E-state index contributed by atoms with van der Waals surface area (Å²) >= 11 is 0. The van der Waals surface area contributed by atoms with Crippen LogP contribution in [0.1, 0.15) is 110 Å². The summed E-state index contributed by atoms with van der Waals surface area (Å²) < 4.78 is 0. The molecule has 0 rings (SSSR count). The van der Waals surface area contributed by atoms with Gasteiger partial charge in [0.1, 0.15) is 12.1 Å². The van der Waals surface area contributed by atoms with Gasteiger partial charge in [-0.05, 0) is 19.3 Å². The first-order valence-electron chi connectivity index (χ1n) is 9.26. The van der Waals surface area contributed by atoms with Crippen LogP contribution in [0.25, 0.3) is 0 Å². The maximum atomic E-state index is 11.7. The Morgan fingerprint density at radius 3 is 1.57 bits per heavy atom. The van der Waals surface area contributed by atoms with E-state index in [2.05, 4.69) is 6.92 Å². The first-order chi connectivity index (χ1) is 10.3. The Balaban J connectivity index is 3.12. The molecular formula is C19H36O2. The van der Waals surface area contributed by atoms with Crippen LogP contribution in [0.2, 0.25) is 0 Å². The van der Waals surface area contributed by atoms with Gasteiger partial charge in [-0.1, -0.05) is 71.1 Å². The molecule has 0 bridgehead atoms. The van der Waals surface area contributed by atoms with Crippen molar-refractivity contribution >= 4 is 12.1 Å². The third-order valence-electron chi connectivity index (χ3n) is 4.09. The quantitative estimate of drug-likeness (QED) is 0.243. The van der Waals surface area contributed by atoms with Crippen LogP contribution in [0.3, 0.4) is 0 Å². The van der Waals surface area contributed by atoms with Crippen LogP contribution in [-0.4, -0.2) is 12.1 Å².